The average molecular weight is 718 g/mol. The maximum atomic E-state index is 13.0. The predicted molar refractivity (Wildman–Crippen MR) is 201 cm³/mol. The lowest BCUT2D eigenvalue weighted by molar-refractivity contribution is -0.136. The molecule has 1 saturated heterocycles. The van der Waals surface area contributed by atoms with Crippen molar-refractivity contribution in [3.63, 3.8) is 0 Å². The minimum absolute atomic E-state index is 0.0780. The second-order valence-corrected chi connectivity index (χ2v) is 12.7. The molecule has 2 aliphatic heterocycles. The Bertz CT molecular complexity index is 1960. The molecule has 0 bridgehead atoms. The van der Waals surface area contributed by atoms with E-state index in [2.05, 4.69) is 41.8 Å². The van der Waals surface area contributed by atoms with E-state index >= 15 is 0 Å². The number of benzene rings is 4. The molecule has 4 aromatic carbocycles. The minimum atomic E-state index is -0.988. The number of anilines is 1. The molecule has 4 aromatic rings. The van der Waals surface area contributed by atoms with Crippen LogP contribution in [0.25, 0.3) is 11.1 Å². The molecule has 1 fully saturated rings. The Morgan fingerprint density at radius 2 is 1.43 bits per heavy atom. The lowest BCUT2D eigenvalue weighted by atomic mass is 9.88. The summed E-state index contributed by atoms with van der Waals surface area (Å²) in [6.45, 7) is 4.93. The quantitative estimate of drug-likeness (QED) is 0.0673. The topological polar surface area (TPSA) is 144 Å². The molecule has 0 spiro atoms. The van der Waals surface area contributed by atoms with Crippen molar-refractivity contribution in [2.75, 3.05) is 44.9 Å². The van der Waals surface area contributed by atoms with Gasteiger partial charge in [-0.05, 0) is 89.6 Å². The molecule has 4 amide bonds. The molecule has 0 aromatic heterocycles. The summed E-state index contributed by atoms with van der Waals surface area (Å²) in [7, 11) is 0. The molecular weight excluding hydrogens is 674 g/mol. The monoisotopic (exact) mass is 717 g/mol. The van der Waals surface area contributed by atoms with Crippen LogP contribution in [0.1, 0.15) is 70.0 Å². The van der Waals surface area contributed by atoms with Gasteiger partial charge >= 0.3 is 0 Å². The molecule has 3 N–H and O–H groups in total. The molecule has 0 radical (unpaired) electrons. The van der Waals surface area contributed by atoms with Gasteiger partial charge in [-0.25, -0.2) is 0 Å². The van der Waals surface area contributed by atoms with E-state index in [-0.39, 0.29) is 29.7 Å². The van der Waals surface area contributed by atoms with E-state index in [4.69, 9.17) is 14.2 Å². The number of imide groups is 2. The molecule has 1 unspecified atom stereocenters. The van der Waals surface area contributed by atoms with Gasteiger partial charge in [0.2, 0.25) is 11.8 Å². The van der Waals surface area contributed by atoms with Gasteiger partial charge in [0.05, 0.1) is 30.9 Å². The summed E-state index contributed by atoms with van der Waals surface area (Å²) in [5.74, 6) is -1.12. The highest BCUT2D eigenvalue weighted by Gasteiger charge is 2.44. The Morgan fingerprint density at radius 3 is 2.13 bits per heavy atom. The van der Waals surface area contributed by atoms with Crippen molar-refractivity contribution in [2.24, 2.45) is 0 Å². The maximum absolute atomic E-state index is 13.0. The SMILES string of the molecule is CCC(=C(c1ccc(O)cc1)c1ccc(OCCOCCOCCCNc2ccc3c(c2)C(=O)N(C2CCC(=O)NC2=O)C3=O)cc1)c1ccccc1. The van der Waals surface area contributed by atoms with Gasteiger partial charge in [-0.3, -0.25) is 29.4 Å². The fourth-order valence-corrected chi connectivity index (χ4v) is 6.55. The zero-order chi connectivity index (χ0) is 37.2. The van der Waals surface area contributed by atoms with Crippen molar-refractivity contribution in [1.29, 1.82) is 0 Å². The minimum Gasteiger partial charge on any atom is -0.508 e. The first-order valence-electron chi connectivity index (χ1n) is 17.9. The highest BCUT2D eigenvalue weighted by Crippen LogP contribution is 2.36. The molecule has 6 rings (SSSR count). The summed E-state index contributed by atoms with van der Waals surface area (Å²) >= 11 is 0. The van der Waals surface area contributed by atoms with Gasteiger partial charge in [0.15, 0.2) is 0 Å². The number of hydrogen-bond donors (Lipinski definition) is 3. The lowest BCUT2D eigenvalue weighted by Crippen LogP contribution is -2.54. The fraction of sp³-hybridized carbons (Fsp3) is 0.286. The number of carbonyl (C=O) groups is 4. The largest absolute Gasteiger partial charge is 0.508 e. The van der Waals surface area contributed by atoms with Crippen LogP contribution in [0.3, 0.4) is 0 Å². The van der Waals surface area contributed by atoms with E-state index in [0.717, 1.165) is 39.3 Å². The third kappa shape index (κ3) is 9.00. The summed E-state index contributed by atoms with van der Waals surface area (Å²) in [6.07, 6.45) is 1.75. The summed E-state index contributed by atoms with van der Waals surface area (Å²) in [6, 6.07) is 29.6. The number of phenols is 1. The maximum Gasteiger partial charge on any atom is 0.262 e. The van der Waals surface area contributed by atoms with Crippen LogP contribution >= 0.6 is 0 Å². The Labute approximate surface area is 308 Å². The van der Waals surface area contributed by atoms with Crippen LogP contribution in [0.15, 0.2) is 97.1 Å². The van der Waals surface area contributed by atoms with Crippen molar-refractivity contribution in [2.45, 2.75) is 38.6 Å². The van der Waals surface area contributed by atoms with Gasteiger partial charge in [-0.2, -0.15) is 0 Å². The van der Waals surface area contributed by atoms with Crippen LogP contribution < -0.4 is 15.4 Å². The van der Waals surface area contributed by atoms with Gasteiger partial charge < -0.3 is 24.6 Å². The van der Waals surface area contributed by atoms with Crippen molar-refractivity contribution >= 4 is 40.5 Å². The van der Waals surface area contributed by atoms with Crippen LogP contribution in [-0.2, 0) is 19.1 Å². The van der Waals surface area contributed by atoms with Gasteiger partial charge in [-0.1, -0.05) is 61.5 Å². The number of fused-ring (bicyclic) bond motifs is 1. The highest BCUT2D eigenvalue weighted by atomic mass is 16.5. The fourth-order valence-electron chi connectivity index (χ4n) is 6.55. The molecule has 274 valence electrons. The number of piperidine rings is 1. The standard InChI is InChI=1S/C42H43N3O8/c1-2-34(28-7-4-3-5-8-28)39(29-9-14-32(46)15-10-29)30-11-16-33(17-12-30)53-26-25-52-24-23-51-22-6-21-43-31-13-18-35-36(27-31)42(50)45(41(35)49)37-19-20-38(47)44-40(37)48/h3-5,7-18,27,37,43,46H,2,6,19-26H2,1H3,(H,44,47,48). The van der Waals surface area contributed by atoms with Gasteiger partial charge in [0.25, 0.3) is 11.8 Å². The Morgan fingerprint density at radius 1 is 0.774 bits per heavy atom. The second-order valence-electron chi connectivity index (χ2n) is 12.7. The number of nitrogens with one attached hydrogen (secondary N) is 2. The van der Waals surface area contributed by atoms with Crippen LogP contribution in [0.2, 0.25) is 0 Å². The highest BCUT2D eigenvalue weighted by molar-refractivity contribution is 6.23. The van der Waals surface area contributed by atoms with Gasteiger partial charge in [0.1, 0.15) is 24.1 Å². The molecule has 0 aliphatic carbocycles. The Kier molecular flexibility index (Phi) is 12.3. The Hall–Kier alpha value is -5.78. The third-order valence-electron chi connectivity index (χ3n) is 9.18. The summed E-state index contributed by atoms with van der Waals surface area (Å²) in [4.78, 5) is 50.6. The molecule has 2 aliphatic rings. The van der Waals surface area contributed by atoms with Crippen LogP contribution in [-0.4, -0.2) is 79.3 Å². The van der Waals surface area contributed by atoms with Crippen molar-refractivity contribution in [3.8, 4) is 11.5 Å². The zero-order valence-corrected chi connectivity index (χ0v) is 29.6. The van der Waals surface area contributed by atoms with E-state index in [9.17, 15) is 24.3 Å². The average Bonchev–Trinajstić information content (AvgIpc) is 3.42. The number of phenolic OH excluding ortho intramolecular Hbond substituents is 1. The number of aromatic hydroxyl groups is 1. The smallest absolute Gasteiger partial charge is 0.262 e. The van der Waals surface area contributed by atoms with Gasteiger partial charge in [0, 0.05) is 25.3 Å². The number of amides is 4. The lowest BCUT2D eigenvalue weighted by Gasteiger charge is -2.27. The van der Waals surface area contributed by atoms with Gasteiger partial charge in [-0.15, -0.1) is 0 Å². The summed E-state index contributed by atoms with van der Waals surface area (Å²) in [5.41, 5.74) is 6.74. The summed E-state index contributed by atoms with van der Waals surface area (Å²) in [5, 5.41) is 15.3. The number of rotatable bonds is 17. The number of allylic oxidation sites excluding steroid dienone is 1. The summed E-state index contributed by atoms with van der Waals surface area (Å²) < 4.78 is 17.3. The van der Waals surface area contributed by atoms with Crippen LogP contribution in [0.5, 0.6) is 11.5 Å². The number of nitrogens with zero attached hydrogens (tertiary/aromatic N) is 1. The second kappa shape index (κ2) is 17.6. The molecule has 2 heterocycles. The van der Waals surface area contributed by atoms with E-state index in [1.54, 1.807) is 30.3 Å². The molecule has 11 heteroatoms. The molecule has 1 atom stereocenters. The zero-order valence-electron chi connectivity index (χ0n) is 29.6. The Balaban J connectivity index is 0.886. The number of carbonyl (C=O) groups excluding carboxylic acids is 4. The first kappa shape index (κ1) is 37.0. The molecular formula is C42H43N3O8. The van der Waals surface area contributed by atoms with Crippen molar-refractivity contribution in [1.82, 2.24) is 10.2 Å². The van der Waals surface area contributed by atoms with Crippen molar-refractivity contribution in [3.05, 3.63) is 125 Å². The van der Waals surface area contributed by atoms with E-state index in [1.165, 1.54) is 5.57 Å². The van der Waals surface area contributed by atoms with E-state index in [1.807, 2.05) is 42.5 Å². The van der Waals surface area contributed by atoms with Crippen molar-refractivity contribution < 1.29 is 38.5 Å². The first-order valence-corrected chi connectivity index (χ1v) is 17.9. The van der Waals surface area contributed by atoms with Crippen LogP contribution in [0, 0.1) is 0 Å². The first-order chi connectivity index (χ1) is 25.8. The van der Waals surface area contributed by atoms with E-state index in [0.29, 0.717) is 51.7 Å². The van der Waals surface area contributed by atoms with Crippen LogP contribution in [0.4, 0.5) is 5.69 Å². The molecule has 11 nitrogen and oxygen atoms in total. The predicted octanol–water partition coefficient (Wildman–Crippen LogP) is 6.08. The molecule has 0 saturated carbocycles. The number of ether oxygens (including phenoxy) is 3. The third-order valence-corrected chi connectivity index (χ3v) is 9.18. The normalized spacial score (nSPS) is 15.9. The molecule has 53 heavy (non-hydrogen) atoms. The van der Waals surface area contributed by atoms with E-state index < -0.39 is 29.7 Å². The number of hydrogen-bond acceptors (Lipinski definition) is 9.